The molecule has 3 heterocycles. The van der Waals surface area contributed by atoms with E-state index in [9.17, 15) is 4.79 Å². The topological polar surface area (TPSA) is 78.3 Å². The molecule has 8 heteroatoms. The van der Waals surface area contributed by atoms with Crippen LogP contribution < -0.4 is 5.32 Å². The molecule has 22 heavy (non-hydrogen) atoms. The van der Waals surface area contributed by atoms with Crippen LogP contribution in [0, 0.1) is 0 Å². The zero-order valence-electron chi connectivity index (χ0n) is 12.3. The number of nitrogens with one attached hydrogen (secondary N) is 1. The molecule has 1 amide bonds. The van der Waals surface area contributed by atoms with Crippen molar-refractivity contribution in [2.24, 2.45) is 7.05 Å². The molecule has 2 atom stereocenters. The van der Waals surface area contributed by atoms with E-state index in [4.69, 9.17) is 9.47 Å². The molecule has 0 unspecified atom stereocenters. The van der Waals surface area contributed by atoms with Crippen LogP contribution in [0.25, 0.3) is 0 Å². The van der Waals surface area contributed by atoms with Crippen LogP contribution in [0.4, 0.5) is 0 Å². The lowest BCUT2D eigenvalue weighted by Gasteiger charge is -2.31. The molecule has 0 aromatic carbocycles. The minimum Gasteiger partial charge on any atom is -0.379 e. The molecule has 1 aliphatic heterocycles. The van der Waals surface area contributed by atoms with Crippen molar-refractivity contribution in [1.29, 1.82) is 0 Å². The third-order valence-corrected chi connectivity index (χ3v) is 4.20. The summed E-state index contributed by atoms with van der Waals surface area (Å²) in [6.45, 7) is 1.53. The van der Waals surface area contributed by atoms with E-state index in [-0.39, 0.29) is 18.1 Å². The van der Waals surface area contributed by atoms with E-state index in [0.29, 0.717) is 25.6 Å². The summed E-state index contributed by atoms with van der Waals surface area (Å²) in [7, 11) is 1.79. The van der Waals surface area contributed by atoms with Gasteiger partial charge in [0, 0.05) is 31.4 Å². The summed E-state index contributed by atoms with van der Waals surface area (Å²) in [4.78, 5) is 20.5. The third-order valence-electron chi connectivity index (χ3n) is 3.56. The highest BCUT2D eigenvalue weighted by molar-refractivity contribution is 7.07. The number of carbonyl (C=O) groups excluding carboxylic acids is 1. The predicted octanol–water partition coefficient (Wildman–Crippen LogP) is 0.981. The van der Waals surface area contributed by atoms with E-state index in [0.717, 1.165) is 12.1 Å². The Morgan fingerprint density at radius 3 is 3.23 bits per heavy atom. The molecule has 0 saturated carbocycles. The number of imidazole rings is 1. The number of thiazole rings is 1. The van der Waals surface area contributed by atoms with Crippen LogP contribution >= 0.6 is 11.3 Å². The highest BCUT2D eigenvalue weighted by Gasteiger charge is 2.29. The van der Waals surface area contributed by atoms with E-state index in [1.807, 2.05) is 5.38 Å². The lowest BCUT2D eigenvalue weighted by atomic mass is 10.1. The van der Waals surface area contributed by atoms with E-state index in [2.05, 4.69) is 15.3 Å². The average molecular weight is 322 g/mol. The van der Waals surface area contributed by atoms with Gasteiger partial charge >= 0.3 is 0 Å². The fraction of sp³-hybridized carbons (Fsp3) is 0.500. The largest absolute Gasteiger partial charge is 0.379 e. The van der Waals surface area contributed by atoms with Gasteiger partial charge in [-0.1, -0.05) is 0 Å². The van der Waals surface area contributed by atoms with Gasteiger partial charge in [-0.2, -0.15) is 0 Å². The van der Waals surface area contributed by atoms with Gasteiger partial charge in [0.1, 0.15) is 0 Å². The molecule has 0 aliphatic carbocycles. The third kappa shape index (κ3) is 3.52. The van der Waals surface area contributed by atoms with Gasteiger partial charge in [0.15, 0.2) is 5.82 Å². The maximum absolute atomic E-state index is 12.3. The first kappa shape index (κ1) is 15.1. The number of ether oxygens (including phenoxy) is 2. The first-order chi connectivity index (χ1) is 10.7. The Labute approximate surface area is 132 Å². The fourth-order valence-electron chi connectivity index (χ4n) is 2.37. The molecule has 0 bridgehead atoms. The molecule has 1 aliphatic rings. The Morgan fingerprint density at radius 2 is 2.50 bits per heavy atom. The molecule has 2 aromatic heterocycles. The number of amides is 1. The minimum absolute atomic E-state index is 0.0836. The number of aromatic nitrogens is 3. The smallest absolute Gasteiger partial charge is 0.287 e. The van der Waals surface area contributed by atoms with Crippen molar-refractivity contribution in [3.8, 4) is 0 Å². The van der Waals surface area contributed by atoms with Crippen LogP contribution in [0.5, 0.6) is 0 Å². The van der Waals surface area contributed by atoms with Crippen molar-refractivity contribution in [2.45, 2.75) is 25.2 Å². The molecule has 0 radical (unpaired) electrons. The summed E-state index contributed by atoms with van der Waals surface area (Å²) in [6.07, 6.45) is 4.00. The lowest BCUT2D eigenvalue weighted by Crippen LogP contribution is -2.50. The maximum atomic E-state index is 12.3. The van der Waals surface area contributed by atoms with Gasteiger partial charge in [0.05, 0.1) is 36.6 Å². The van der Waals surface area contributed by atoms with Crippen LogP contribution in [0.2, 0.25) is 0 Å². The number of hydrogen-bond donors (Lipinski definition) is 1. The fourth-order valence-corrected chi connectivity index (χ4v) is 2.91. The molecule has 3 rings (SSSR count). The predicted molar refractivity (Wildman–Crippen MR) is 80.6 cm³/mol. The first-order valence-corrected chi connectivity index (χ1v) is 8.03. The molecule has 1 N–H and O–H groups in total. The first-order valence-electron chi connectivity index (χ1n) is 7.08. The lowest BCUT2D eigenvalue weighted by molar-refractivity contribution is -0.0612. The van der Waals surface area contributed by atoms with Gasteiger partial charge < -0.3 is 19.4 Å². The van der Waals surface area contributed by atoms with E-state index >= 15 is 0 Å². The number of carbonyl (C=O) groups is 1. The molecule has 7 nitrogen and oxygen atoms in total. The second kappa shape index (κ2) is 6.99. The Kier molecular flexibility index (Phi) is 4.81. The van der Waals surface area contributed by atoms with Gasteiger partial charge in [-0.15, -0.1) is 11.3 Å². The normalized spacial score (nSPS) is 21.7. The second-order valence-corrected chi connectivity index (χ2v) is 5.85. The Hall–Kier alpha value is -1.77. The van der Waals surface area contributed by atoms with E-state index < -0.39 is 0 Å². The monoisotopic (exact) mass is 322 g/mol. The van der Waals surface area contributed by atoms with Gasteiger partial charge in [-0.05, 0) is 6.42 Å². The Morgan fingerprint density at radius 1 is 1.59 bits per heavy atom. The standard InChI is InChI=1S/C14H18N4O3S/c1-18-4-3-15-13(18)14(19)17-11-7-20-5-2-12(11)21-6-10-8-22-9-16-10/h3-4,8-9,11-12H,2,5-7H2,1H3,(H,17,19)/t11-,12+/m1/s1. The summed E-state index contributed by atoms with van der Waals surface area (Å²) >= 11 is 1.54. The van der Waals surface area contributed by atoms with Crippen LogP contribution in [0.1, 0.15) is 22.7 Å². The van der Waals surface area contributed by atoms with Crippen molar-refractivity contribution >= 4 is 17.2 Å². The molecule has 1 fully saturated rings. The zero-order valence-corrected chi connectivity index (χ0v) is 13.1. The average Bonchev–Trinajstić information content (AvgIpc) is 3.17. The molecule has 118 valence electrons. The molecule has 2 aromatic rings. The number of hydrogen-bond acceptors (Lipinski definition) is 6. The maximum Gasteiger partial charge on any atom is 0.287 e. The van der Waals surface area contributed by atoms with Crippen molar-refractivity contribution in [3.05, 3.63) is 34.8 Å². The van der Waals surface area contributed by atoms with Gasteiger partial charge in [0.2, 0.25) is 0 Å². The molecular weight excluding hydrogens is 304 g/mol. The van der Waals surface area contributed by atoms with Crippen molar-refractivity contribution in [3.63, 3.8) is 0 Å². The SMILES string of the molecule is Cn1ccnc1C(=O)N[C@@H]1COCC[C@@H]1OCc1cscn1. The zero-order chi connectivity index (χ0) is 15.4. The van der Waals surface area contributed by atoms with Crippen LogP contribution in [0.15, 0.2) is 23.3 Å². The van der Waals surface area contributed by atoms with Gasteiger partial charge in [-0.3, -0.25) is 4.79 Å². The molecule has 1 saturated heterocycles. The molecular formula is C14H18N4O3S. The second-order valence-electron chi connectivity index (χ2n) is 5.13. The van der Waals surface area contributed by atoms with Gasteiger partial charge in [0.25, 0.3) is 5.91 Å². The number of nitrogens with zero attached hydrogens (tertiary/aromatic N) is 3. The Bertz CT molecular complexity index is 613. The van der Waals surface area contributed by atoms with Crippen LogP contribution in [-0.2, 0) is 23.1 Å². The number of aryl methyl sites for hydroxylation is 1. The van der Waals surface area contributed by atoms with E-state index in [1.54, 1.807) is 40.9 Å². The summed E-state index contributed by atoms with van der Waals surface area (Å²) < 4.78 is 13.1. The summed E-state index contributed by atoms with van der Waals surface area (Å²) in [6, 6.07) is -0.184. The minimum atomic E-state index is -0.217. The van der Waals surface area contributed by atoms with Crippen molar-refractivity contribution in [2.75, 3.05) is 13.2 Å². The summed E-state index contributed by atoms with van der Waals surface area (Å²) in [5.41, 5.74) is 2.69. The van der Waals surface area contributed by atoms with Crippen molar-refractivity contribution in [1.82, 2.24) is 19.9 Å². The van der Waals surface area contributed by atoms with Crippen LogP contribution in [-0.4, -0.2) is 45.8 Å². The quantitative estimate of drug-likeness (QED) is 0.888. The summed E-state index contributed by atoms with van der Waals surface area (Å²) in [5.74, 6) is 0.161. The van der Waals surface area contributed by atoms with Gasteiger partial charge in [-0.25, -0.2) is 9.97 Å². The highest BCUT2D eigenvalue weighted by Crippen LogP contribution is 2.15. The number of rotatable bonds is 5. The Balaban J connectivity index is 1.60. The van der Waals surface area contributed by atoms with E-state index in [1.165, 1.54) is 0 Å². The highest BCUT2D eigenvalue weighted by atomic mass is 32.1. The summed E-state index contributed by atoms with van der Waals surface area (Å²) in [5, 5.41) is 4.91. The van der Waals surface area contributed by atoms with Crippen LogP contribution in [0.3, 0.4) is 0 Å². The van der Waals surface area contributed by atoms with Crippen molar-refractivity contribution < 1.29 is 14.3 Å². The molecule has 0 spiro atoms.